The quantitative estimate of drug-likeness (QED) is 0.205. The third kappa shape index (κ3) is 2.96. The summed E-state index contributed by atoms with van der Waals surface area (Å²) >= 11 is 0. The third-order valence-electron chi connectivity index (χ3n) is 9.13. The highest BCUT2D eigenvalue weighted by Gasteiger charge is 2.32. The van der Waals surface area contributed by atoms with E-state index < -0.39 is 0 Å². The van der Waals surface area contributed by atoms with Crippen LogP contribution in [0.2, 0.25) is 0 Å². The van der Waals surface area contributed by atoms with Gasteiger partial charge >= 0.3 is 0 Å². The molecular formula is C40H26. The van der Waals surface area contributed by atoms with E-state index in [0.29, 0.717) is 0 Å². The van der Waals surface area contributed by atoms with Crippen LogP contribution in [0.25, 0.3) is 66.1 Å². The third-order valence-corrected chi connectivity index (χ3v) is 9.13. The van der Waals surface area contributed by atoms with Crippen molar-refractivity contribution < 1.29 is 0 Å². The second-order valence-corrected chi connectivity index (χ2v) is 11.2. The molecule has 40 heavy (non-hydrogen) atoms. The Morgan fingerprint density at radius 1 is 0.325 bits per heavy atom. The Labute approximate surface area is 234 Å². The van der Waals surface area contributed by atoms with Gasteiger partial charge in [-0.05, 0) is 107 Å². The first-order valence-corrected chi connectivity index (χ1v) is 14.2. The number of benzene rings is 7. The maximum Gasteiger partial charge on any atom is -0.000716 e. The van der Waals surface area contributed by atoms with Crippen LogP contribution in [0, 0.1) is 0 Å². The van der Waals surface area contributed by atoms with Gasteiger partial charge in [0.15, 0.2) is 0 Å². The summed E-state index contributed by atoms with van der Waals surface area (Å²) in [6.07, 6.45) is 1.99. The van der Waals surface area contributed by atoms with Gasteiger partial charge in [0.25, 0.3) is 0 Å². The van der Waals surface area contributed by atoms with Crippen LogP contribution in [0.4, 0.5) is 0 Å². The van der Waals surface area contributed by atoms with Crippen LogP contribution in [-0.4, -0.2) is 0 Å². The molecule has 0 spiro atoms. The second-order valence-electron chi connectivity index (χ2n) is 11.2. The summed E-state index contributed by atoms with van der Waals surface area (Å²) in [6, 6.07) is 49.5. The molecule has 7 aromatic rings. The predicted octanol–water partition coefficient (Wildman–Crippen LogP) is 10.5. The molecule has 0 saturated carbocycles. The molecule has 0 bridgehead atoms. The van der Waals surface area contributed by atoms with Crippen molar-refractivity contribution in [1.29, 1.82) is 0 Å². The summed E-state index contributed by atoms with van der Waals surface area (Å²) in [5.41, 5.74) is 16.9. The Hall–Kier alpha value is -4.94. The molecule has 186 valence electrons. The molecule has 0 nitrogen and oxygen atoms in total. The van der Waals surface area contributed by atoms with Crippen LogP contribution in [0.5, 0.6) is 0 Å². The molecule has 0 atom stereocenters. The zero-order valence-electron chi connectivity index (χ0n) is 22.1. The maximum absolute atomic E-state index is 2.53. The molecule has 0 aromatic heterocycles. The van der Waals surface area contributed by atoms with Gasteiger partial charge in [0.2, 0.25) is 0 Å². The topological polar surface area (TPSA) is 0 Å². The summed E-state index contributed by atoms with van der Waals surface area (Å²) in [7, 11) is 0. The first-order valence-electron chi connectivity index (χ1n) is 14.2. The van der Waals surface area contributed by atoms with E-state index in [2.05, 4.69) is 133 Å². The largest absolute Gasteiger partial charge is 0.0622 e. The first kappa shape index (κ1) is 21.9. The van der Waals surface area contributed by atoms with Crippen LogP contribution in [0.3, 0.4) is 0 Å². The number of rotatable bonds is 2. The van der Waals surface area contributed by atoms with Gasteiger partial charge in [-0.2, -0.15) is 0 Å². The van der Waals surface area contributed by atoms with E-state index in [1.54, 1.807) is 0 Å². The fraction of sp³-hybridized carbons (Fsp3) is 0.0500. The Balaban J connectivity index is 1.46. The lowest BCUT2D eigenvalue weighted by atomic mass is 9.82. The van der Waals surface area contributed by atoms with Gasteiger partial charge < -0.3 is 0 Å². The van der Waals surface area contributed by atoms with Crippen LogP contribution in [0.15, 0.2) is 133 Å². The Morgan fingerprint density at radius 3 is 1.45 bits per heavy atom. The molecule has 0 amide bonds. The summed E-state index contributed by atoms with van der Waals surface area (Å²) < 4.78 is 0. The van der Waals surface area contributed by atoms with Gasteiger partial charge in [-0.15, -0.1) is 0 Å². The molecule has 2 aliphatic rings. The lowest BCUT2D eigenvalue weighted by Crippen LogP contribution is -1.97. The summed E-state index contributed by atoms with van der Waals surface area (Å²) in [4.78, 5) is 0. The number of hydrogen-bond donors (Lipinski definition) is 0. The van der Waals surface area contributed by atoms with Crippen molar-refractivity contribution in [2.24, 2.45) is 0 Å². The highest BCUT2D eigenvalue weighted by Crippen LogP contribution is 2.53. The van der Waals surface area contributed by atoms with E-state index >= 15 is 0 Å². The minimum Gasteiger partial charge on any atom is -0.0622 e. The minimum atomic E-state index is 0.980. The zero-order chi connectivity index (χ0) is 26.2. The Kier molecular flexibility index (Phi) is 4.54. The van der Waals surface area contributed by atoms with Crippen LogP contribution in [-0.2, 0) is 12.8 Å². The maximum atomic E-state index is 2.53. The summed E-state index contributed by atoms with van der Waals surface area (Å²) in [5.74, 6) is 0. The monoisotopic (exact) mass is 506 g/mol. The van der Waals surface area contributed by atoms with Gasteiger partial charge in [-0.3, -0.25) is 0 Å². The standard InChI is InChI=1S/C40H26/c1-2-12-25(13-3-1)38-30-18-8-10-20-32(30)40(33-21-11-9-19-31(33)38)37-24-34-28-16-6-4-14-26(28)22-35(34)39-29-17-7-5-15-27(29)23-36(37)39/h1-21,24H,22-23H2. The van der Waals surface area contributed by atoms with E-state index in [-0.39, 0.29) is 0 Å². The highest BCUT2D eigenvalue weighted by molar-refractivity contribution is 6.22. The van der Waals surface area contributed by atoms with Gasteiger partial charge in [-0.25, -0.2) is 0 Å². The highest BCUT2D eigenvalue weighted by atomic mass is 14.3. The van der Waals surface area contributed by atoms with Crippen molar-refractivity contribution >= 4 is 21.5 Å². The van der Waals surface area contributed by atoms with Crippen molar-refractivity contribution in [2.75, 3.05) is 0 Å². The second kappa shape index (κ2) is 8.28. The smallest absolute Gasteiger partial charge is 0.000716 e. The zero-order valence-corrected chi connectivity index (χ0v) is 22.1. The Bertz CT molecular complexity index is 2090. The molecular weight excluding hydrogens is 480 g/mol. The molecule has 0 radical (unpaired) electrons. The molecule has 0 fully saturated rings. The summed E-state index contributed by atoms with van der Waals surface area (Å²) in [5, 5.41) is 5.27. The van der Waals surface area contributed by atoms with E-state index in [4.69, 9.17) is 0 Å². The lowest BCUT2D eigenvalue weighted by molar-refractivity contribution is 1.24. The predicted molar refractivity (Wildman–Crippen MR) is 169 cm³/mol. The molecule has 0 unspecified atom stereocenters. The van der Waals surface area contributed by atoms with Gasteiger partial charge in [0.05, 0.1) is 0 Å². The molecule has 0 saturated heterocycles. The summed E-state index contributed by atoms with van der Waals surface area (Å²) in [6.45, 7) is 0. The number of hydrogen-bond acceptors (Lipinski definition) is 0. The van der Waals surface area contributed by atoms with E-state index in [1.165, 1.54) is 88.3 Å². The fourth-order valence-corrected chi connectivity index (χ4v) is 7.50. The van der Waals surface area contributed by atoms with Crippen LogP contribution in [0.1, 0.15) is 22.3 Å². The molecule has 0 heteroatoms. The molecule has 0 aliphatic heterocycles. The van der Waals surface area contributed by atoms with Crippen molar-refractivity contribution in [2.45, 2.75) is 12.8 Å². The SMILES string of the molecule is c1ccc(-c2c3ccccc3c(-c3cc4c(c5c3Cc3ccccc3-5)Cc3ccccc3-4)c3ccccc23)cc1. The van der Waals surface area contributed by atoms with Crippen LogP contribution >= 0.6 is 0 Å². The van der Waals surface area contributed by atoms with Crippen LogP contribution < -0.4 is 0 Å². The van der Waals surface area contributed by atoms with Crippen molar-refractivity contribution in [1.82, 2.24) is 0 Å². The van der Waals surface area contributed by atoms with Gasteiger partial charge in [0, 0.05) is 0 Å². The van der Waals surface area contributed by atoms with Crippen molar-refractivity contribution in [3.8, 4) is 44.5 Å². The minimum absolute atomic E-state index is 0.980. The van der Waals surface area contributed by atoms with Crippen molar-refractivity contribution in [3.63, 3.8) is 0 Å². The normalized spacial score (nSPS) is 12.8. The van der Waals surface area contributed by atoms with Crippen molar-refractivity contribution in [3.05, 3.63) is 156 Å². The fourth-order valence-electron chi connectivity index (χ4n) is 7.50. The first-order chi connectivity index (χ1) is 19.9. The molecule has 0 heterocycles. The molecule has 0 N–H and O–H groups in total. The van der Waals surface area contributed by atoms with E-state index in [0.717, 1.165) is 12.8 Å². The van der Waals surface area contributed by atoms with E-state index in [9.17, 15) is 0 Å². The molecule has 2 aliphatic carbocycles. The average Bonchev–Trinajstić information content (AvgIpc) is 3.59. The van der Waals surface area contributed by atoms with E-state index in [1.807, 2.05) is 0 Å². The van der Waals surface area contributed by atoms with Gasteiger partial charge in [-0.1, -0.05) is 127 Å². The Morgan fingerprint density at radius 2 is 0.800 bits per heavy atom. The average molecular weight is 507 g/mol. The lowest BCUT2D eigenvalue weighted by Gasteiger charge is -2.21. The van der Waals surface area contributed by atoms with Gasteiger partial charge in [0.1, 0.15) is 0 Å². The molecule has 7 aromatic carbocycles. The number of fused-ring (bicyclic) bond motifs is 9. The molecule has 9 rings (SSSR count).